The van der Waals surface area contributed by atoms with E-state index in [9.17, 15) is 0 Å². The Morgan fingerprint density at radius 3 is 2.15 bits per heavy atom. The molecule has 146 valence electrons. The van der Waals surface area contributed by atoms with Gasteiger partial charge in [0, 0.05) is 45.3 Å². The molecule has 1 atom stereocenters. The van der Waals surface area contributed by atoms with Gasteiger partial charge in [0.2, 0.25) is 0 Å². The second-order valence-corrected chi connectivity index (χ2v) is 7.95. The van der Waals surface area contributed by atoms with Crippen LogP contribution in [0.1, 0.15) is 30.9 Å². The molecule has 0 bridgehead atoms. The maximum absolute atomic E-state index is 2.69. The first-order valence-corrected chi connectivity index (χ1v) is 10.5. The van der Waals surface area contributed by atoms with Gasteiger partial charge in [-0.1, -0.05) is 74.0 Å². The molecule has 3 rings (SSSR count). The van der Waals surface area contributed by atoms with Gasteiger partial charge in [0.05, 0.1) is 0 Å². The zero-order valence-corrected chi connectivity index (χ0v) is 17.1. The quantitative estimate of drug-likeness (QED) is 0.662. The SMILES string of the molecule is CCCCN(C)CC1CN(Cc2ccccc2)CCN1Cc1ccccc1. The van der Waals surface area contributed by atoms with Gasteiger partial charge in [0.1, 0.15) is 0 Å². The monoisotopic (exact) mass is 365 g/mol. The number of hydrogen-bond donors (Lipinski definition) is 0. The van der Waals surface area contributed by atoms with E-state index in [0.29, 0.717) is 6.04 Å². The van der Waals surface area contributed by atoms with Crippen molar-refractivity contribution in [1.82, 2.24) is 14.7 Å². The number of rotatable bonds is 9. The van der Waals surface area contributed by atoms with Gasteiger partial charge >= 0.3 is 0 Å². The predicted molar refractivity (Wildman–Crippen MR) is 115 cm³/mol. The number of hydrogen-bond acceptors (Lipinski definition) is 3. The molecule has 1 fully saturated rings. The van der Waals surface area contributed by atoms with Crippen LogP contribution in [0.5, 0.6) is 0 Å². The summed E-state index contributed by atoms with van der Waals surface area (Å²) in [7, 11) is 2.28. The van der Waals surface area contributed by atoms with Crippen LogP contribution < -0.4 is 0 Å². The van der Waals surface area contributed by atoms with Crippen LogP contribution in [0, 0.1) is 0 Å². The average molecular weight is 366 g/mol. The van der Waals surface area contributed by atoms with Crippen molar-refractivity contribution in [1.29, 1.82) is 0 Å². The van der Waals surface area contributed by atoms with Crippen molar-refractivity contribution < 1.29 is 0 Å². The third-order valence-electron chi connectivity index (χ3n) is 5.58. The van der Waals surface area contributed by atoms with E-state index in [1.165, 1.54) is 30.5 Å². The van der Waals surface area contributed by atoms with Crippen molar-refractivity contribution in [2.75, 3.05) is 39.8 Å². The van der Waals surface area contributed by atoms with Gasteiger partial charge < -0.3 is 4.90 Å². The topological polar surface area (TPSA) is 9.72 Å². The molecule has 1 aliphatic rings. The lowest BCUT2D eigenvalue weighted by atomic mass is 10.1. The highest BCUT2D eigenvalue weighted by atomic mass is 15.3. The number of unbranched alkanes of at least 4 members (excludes halogenated alkanes) is 1. The second kappa shape index (κ2) is 10.6. The van der Waals surface area contributed by atoms with Crippen molar-refractivity contribution >= 4 is 0 Å². The molecule has 2 aromatic carbocycles. The van der Waals surface area contributed by atoms with Gasteiger partial charge in [-0.3, -0.25) is 9.80 Å². The Morgan fingerprint density at radius 1 is 0.889 bits per heavy atom. The highest BCUT2D eigenvalue weighted by molar-refractivity contribution is 5.16. The molecular formula is C24H35N3. The molecular weight excluding hydrogens is 330 g/mol. The summed E-state index contributed by atoms with van der Waals surface area (Å²) >= 11 is 0. The molecule has 1 heterocycles. The van der Waals surface area contributed by atoms with E-state index >= 15 is 0 Å². The second-order valence-electron chi connectivity index (χ2n) is 7.95. The van der Waals surface area contributed by atoms with Crippen molar-refractivity contribution in [2.45, 2.75) is 38.9 Å². The summed E-state index contributed by atoms with van der Waals surface area (Å²) in [6.07, 6.45) is 2.55. The molecule has 0 N–H and O–H groups in total. The van der Waals surface area contributed by atoms with E-state index in [1.807, 2.05) is 0 Å². The molecule has 2 aromatic rings. The van der Waals surface area contributed by atoms with Crippen molar-refractivity contribution in [2.24, 2.45) is 0 Å². The Kier molecular flexibility index (Phi) is 7.88. The third-order valence-corrected chi connectivity index (χ3v) is 5.58. The summed E-state index contributed by atoms with van der Waals surface area (Å²) in [5.41, 5.74) is 2.85. The first-order chi connectivity index (χ1) is 13.2. The summed E-state index contributed by atoms with van der Waals surface area (Å²) in [4.78, 5) is 7.85. The van der Waals surface area contributed by atoms with Crippen LogP contribution in [0.2, 0.25) is 0 Å². The lowest BCUT2D eigenvalue weighted by Gasteiger charge is -2.43. The summed E-state index contributed by atoms with van der Waals surface area (Å²) in [5, 5.41) is 0. The van der Waals surface area contributed by atoms with E-state index in [-0.39, 0.29) is 0 Å². The van der Waals surface area contributed by atoms with Crippen molar-refractivity contribution in [3.05, 3.63) is 71.8 Å². The molecule has 3 nitrogen and oxygen atoms in total. The third kappa shape index (κ3) is 6.46. The lowest BCUT2D eigenvalue weighted by Crippen LogP contribution is -2.56. The minimum Gasteiger partial charge on any atom is -0.305 e. The number of likely N-dealkylation sites (N-methyl/N-ethyl adjacent to an activating group) is 1. The molecule has 0 aromatic heterocycles. The fourth-order valence-electron chi connectivity index (χ4n) is 4.02. The minimum absolute atomic E-state index is 0.588. The highest BCUT2D eigenvalue weighted by Gasteiger charge is 2.27. The smallest absolute Gasteiger partial charge is 0.0354 e. The van der Waals surface area contributed by atoms with E-state index in [2.05, 4.69) is 89.3 Å². The molecule has 1 aliphatic heterocycles. The first kappa shape index (κ1) is 20.1. The number of piperazine rings is 1. The fourth-order valence-corrected chi connectivity index (χ4v) is 4.02. The molecule has 0 saturated carbocycles. The Morgan fingerprint density at radius 2 is 1.52 bits per heavy atom. The summed E-state index contributed by atoms with van der Waals surface area (Å²) in [5.74, 6) is 0. The van der Waals surface area contributed by atoms with Gasteiger partial charge in [-0.15, -0.1) is 0 Å². The highest BCUT2D eigenvalue weighted by Crippen LogP contribution is 2.17. The standard InChI is InChI=1S/C24H35N3/c1-3-4-15-25(2)20-24-21-26(18-22-11-7-5-8-12-22)16-17-27(24)19-23-13-9-6-10-14-23/h5-14,24H,3-4,15-21H2,1-2H3. The molecule has 1 unspecified atom stereocenters. The first-order valence-electron chi connectivity index (χ1n) is 10.5. The van der Waals surface area contributed by atoms with Crippen LogP contribution in [0.3, 0.4) is 0 Å². The van der Waals surface area contributed by atoms with Crippen LogP contribution in [0.25, 0.3) is 0 Å². The van der Waals surface area contributed by atoms with Crippen LogP contribution in [-0.2, 0) is 13.1 Å². The maximum atomic E-state index is 2.69. The van der Waals surface area contributed by atoms with Crippen molar-refractivity contribution in [3.63, 3.8) is 0 Å². The van der Waals surface area contributed by atoms with Gasteiger partial charge in [0.15, 0.2) is 0 Å². The van der Waals surface area contributed by atoms with Gasteiger partial charge in [-0.25, -0.2) is 0 Å². The Bertz CT molecular complexity index is 643. The molecule has 3 heteroatoms. The Balaban J connectivity index is 1.63. The van der Waals surface area contributed by atoms with E-state index in [0.717, 1.165) is 39.3 Å². The molecule has 1 saturated heterocycles. The van der Waals surface area contributed by atoms with Crippen LogP contribution in [0.15, 0.2) is 60.7 Å². The fraction of sp³-hybridized carbons (Fsp3) is 0.500. The average Bonchev–Trinajstić information content (AvgIpc) is 2.70. The molecule has 0 aliphatic carbocycles. The van der Waals surface area contributed by atoms with E-state index in [4.69, 9.17) is 0 Å². The zero-order valence-electron chi connectivity index (χ0n) is 17.1. The Hall–Kier alpha value is -1.68. The lowest BCUT2D eigenvalue weighted by molar-refractivity contribution is 0.0462. The van der Waals surface area contributed by atoms with Crippen LogP contribution in [0.4, 0.5) is 0 Å². The van der Waals surface area contributed by atoms with Gasteiger partial charge in [-0.2, -0.15) is 0 Å². The number of benzene rings is 2. The minimum atomic E-state index is 0.588. The summed E-state index contributed by atoms with van der Waals surface area (Å²) in [6.45, 7) is 10.2. The molecule has 0 radical (unpaired) electrons. The van der Waals surface area contributed by atoms with Crippen LogP contribution in [-0.4, -0.2) is 60.5 Å². The largest absolute Gasteiger partial charge is 0.305 e. The Labute approximate surface area is 165 Å². The van der Waals surface area contributed by atoms with E-state index in [1.54, 1.807) is 0 Å². The molecule has 0 spiro atoms. The maximum Gasteiger partial charge on any atom is 0.0354 e. The van der Waals surface area contributed by atoms with Gasteiger partial charge in [0.25, 0.3) is 0 Å². The zero-order chi connectivity index (χ0) is 18.9. The molecule has 0 amide bonds. The van der Waals surface area contributed by atoms with Gasteiger partial charge in [-0.05, 0) is 31.1 Å². The van der Waals surface area contributed by atoms with Crippen LogP contribution >= 0.6 is 0 Å². The summed E-state index contributed by atoms with van der Waals surface area (Å²) in [6, 6.07) is 22.4. The van der Waals surface area contributed by atoms with E-state index < -0.39 is 0 Å². The normalized spacial score (nSPS) is 18.9. The molecule has 27 heavy (non-hydrogen) atoms. The summed E-state index contributed by atoms with van der Waals surface area (Å²) < 4.78 is 0. The van der Waals surface area contributed by atoms with Crippen molar-refractivity contribution in [3.8, 4) is 0 Å². The predicted octanol–water partition coefficient (Wildman–Crippen LogP) is 4.10. The number of nitrogens with zero attached hydrogens (tertiary/aromatic N) is 3.